The summed E-state index contributed by atoms with van der Waals surface area (Å²) in [6.07, 6.45) is 0.193. The number of thiazole rings is 1. The Labute approximate surface area is 237 Å². The van der Waals surface area contributed by atoms with E-state index in [9.17, 15) is 20.0 Å². The third kappa shape index (κ3) is 6.84. The van der Waals surface area contributed by atoms with E-state index >= 15 is 0 Å². The third-order valence-electron chi connectivity index (χ3n) is 5.71. The number of aliphatic hydroxyl groups excluding tert-OH is 2. The summed E-state index contributed by atoms with van der Waals surface area (Å²) in [7, 11) is 0. The fourth-order valence-corrected chi connectivity index (χ4v) is 5.63. The molecular formula is C27H22ClFN6O2S2. The van der Waals surface area contributed by atoms with Gasteiger partial charge in [-0.05, 0) is 42.2 Å². The van der Waals surface area contributed by atoms with Crippen LogP contribution in [0.4, 0.5) is 21.0 Å². The summed E-state index contributed by atoms with van der Waals surface area (Å²) in [5, 5.41) is 44.4. The fourth-order valence-electron chi connectivity index (χ4n) is 3.72. The van der Waals surface area contributed by atoms with Gasteiger partial charge in [-0.25, -0.2) is 14.4 Å². The van der Waals surface area contributed by atoms with Crippen LogP contribution in [-0.4, -0.2) is 32.9 Å². The first kappa shape index (κ1) is 28.3. The molecule has 1 atom stereocenters. The Hall–Kier alpha value is -3.71. The Balaban J connectivity index is 1.55. The number of anilines is 3. The van der Waals surface area contributed by atoms with E-state index in [1.165, 1.54) is 35.2 Å². The summed E-state index contributed by atoms with van der Waals surface area (Å²) in [4.78, 5) is 8.87. The smallest absolute Gasteiger partial charge is 0.187 e. The molecular weight excluding hydrogens is 559 g/mol. The number of hydrogen-bond donors (Lipinski definition) is 4. The summed E-state index contributed by atoms with van der Waals surface area (Å²) in [5.74, 6) is -0.0897. The number of aromatic nitrogens is 2. The van der Waals surface area contributed by atoms with Gasteiger partial charge in [0.05, 0.1) is 29.0 Å². The first-order chi connectivity index (χ1) is 18.8. The number of nitrogens with one attached hydrogen (secondary N) is 1. The van der Waals surface area contributed by atoms with Crippen molar-refractivity contribution in [3.8, 4) is 23.3 Å². The summed E-state index contributed by atoms with van der Waals surface area (Å²) in [6, 6.07) is 15.9. The van der Waals surface area contributed by atoms with Gasteiger partial charge in [-0.1, -0.05) is 47.6 Å². The molecule has 0 bridgehead atoms. The first-order valence-corrected chi connectivity index (χ1v) is 13.9. The second-order valence-corrected chi connectivity index (χ2v) is 10.6. The Morgan fingerprint density at radius 3 is 2.54 bits per heavy atom. The van der Waals surface area contributed by atoms with Gasteiger partial charge in [-0.3, -0.25) is 0 Å². The first-order valence-electron chi connectivity index (χ1n) is 11.6. The highest BCUT2D eigenvalue weighted by atomic mass is 35.5. The lowest BCUT2D eigenvalue weighted by Crippen LogP contribution is -2.12. The summed E-state index contributed by atoms with van der Waals surface area (Å²) in [6.45, 7) is -0.298. The van der Waals surface area contributed by atoms with E-state index in [2.05, 4.69) is 27.4 Å². The third-order valence-corrected chi connectivity index (χ3v) is 7.82. The Morgan fingerprint density at radius 2 is 1.87 bits per heavy atom. The minimum Gasteiger partial charge on any atom is -0.394 e. The van der Waals surface area contributed by atoms with E-state index < -0.39 is 11.9 Å². The molecule has 8 nitrogen and oxygen atoms in total. The van der Waals surface area contributed by atoms with Crippen LogP contribution in [0.1, 0.15) is 28.8 Å². The predicted octanol–water partition coefficient (Wildman–Crippen LogP) is 5.64. The van der Waals surface area contributed by atoms with E-state index in [0.29, 0.717) is 45.6 Å². The topological polar surface area (TPSA) is 152 Å². The maximum atomic E-state index is 13.4. The van der Waals surface area contributed by atoms with Gasteiger partial charge in [0.15, 0.2) is 5.13 Å². The fraction of sp³-hybridized carbons (Fsp3) is 0.185. The van der Waals surface area contributed by atoms with Crippen molar-refractivity contribution >= 4 is 51.3 Å². The van der Waals surface area contributed by atoms with Crippen molar-refractivity contribution in [2.45, 2.75) is 29.7 Å². The molecule has 0 fully saturated rings. The molecule has 2 aromatic heterocycles. The minimum atomic E-state index is -0.786. The predicted molar refractivity (Wildman–Crippen MR) is 151 cm³/mol. The van der Waals surface area contributed by atoms with Crippen LogP contribution in [0.5, 0.6) is 0 Å². The van der Waals surface area contributed by atoms with Gasteiger partial charge in [0.1, 0.15) is 34.4 Å². The van der Waals surface area contributed by atoms with Crippen LogP contribution in [0, 0.1) is 28.5 Å². The van der Waals surface area contributed by atoms with Crippen LogP contribution in [-0.2, 0) is 12.2 Å². The minimum absolute atomic E-state index is 0.00628. The summed E-state index contributed by atoms with van der Waals surface area (Å²) in [5.41, 5.74) is 9.81. The van der Waals surface area contributed by atoms with Gasteiger partial charge in [-0.2, -0.15) is 10.5 Å². The average molecular weight is 581 g/mol. The molecule has 0 spiro atoms. The molecule has 5 N–H and O–H groups in total. The lowest BCUT2D eigenvalue weighted by atomic mass is 9.95. The number of nitrogen functional groups attached to an aromatic ring is 1. The number of halogens is 2. The highest BCUT2D eigenvalue weighted by molar-refractivity contribution is 7.98. The quantitative estimate of drug-likeness (QED) is 0.174. The van der Waals surface area contributed by atoms with E-state index in [1.54, 1.807) is 18.2 Å². The zero-order valence-corrected chi connectivity index (χ0v) is 22.7. The molecule has 0 aliphatic rings. The van der Waals surface area contributed by atoms with E-state index in [0.717, 1.165) is 11.3 Å². The molecule has 0 saturated heterocycles. The molecule has 0 amide bonds. The van der Waals surface area contributed by atoms with Crippen molar-refractivity contribution in [1.29, 1.82) is 10.5 Å². The molecule has 0 aliphatic carbocycles. The standard InChI is InChI=1S/C27H22ClFN6O2S2/c28-22-9-17(6-8-23(22)29)33-27-34-18(14-39-27)13-38-26-21(11-31)24(20(10-30)25(32)35-26)16-4-1-15(2-5-16)3-7-19(37)12-36/h1-2,4-6,8-9,14,19,36-37H,3,7,12-13H2,(H2,32,35)(H,33,34). The number of hydrogen-bond acceptors (Lipinski definition) is 10. The number of pyridine rings is 1. The van der Waals surface area contributed by atoms with Crippen LogP contribution in [0.25, 0.3) is 11.1 Å². The van der Waals surface area contributed by atoms with Crippen molar-refractivity contribution in [3.63, 3.8) is 0 Å². The average Bonchev–Trinajstić information content (AvgIpc) is 3.39. The highest BCUT2D eigenvalue weighted by Crippen LogP contribution is 2.37. The van der Waals surface area contributed by atoms with Crippen LogP contribution in [0.3, 0.4) is 0 Å². The molecule has 4 rings (SSSR count). The molecule has 0 saturated carbocycles. The highest BCUT2D eigenvalue weighted by Gasteiger charge is 2.21. The van der Waals surface area contributed by atoms with Gasteiger partial charge in [0, 0.05) is 22.4 Å². The van der Waals surface area contributed by atoms with E-state index in [-0.39, 0.29) is 28.6 Å². The lowest BCUT2D eigenvalue weighted by molar-refractivity contribution is 0.0886. The Morgan fingerprint density at radius 1 is 1.13 bits per heavy atom. The number of nitrogens with two attached hydrogens (primary N) is 1. The zero-order valence-electron chi connectivity index (χ0n) is 20.4. The van der Waals surface area contributed by atoms with Gasteiger partial charge in [-0.15, -0.1) is 11.3 Å². The summed E-state index contributed by atoms with van der Waals surface area (Å²) < 4.78 is 13.4. The van der Waals surface area contributed by atoms with Crippen molar-refractivity contribution in [2.75, 3.05) is 17.7 Å². The van der Waals surface area contributed by atoms with Crippen molar-refractivity contribution in [2.24, 2.45) is 0 Å². The monoisotopic (exact) mass is 580 g/mol. The van der Waals surface area contributed by atoms with E-state index in [1.807, 2.05) is 17.5 Å². The molecule has 0 radical (unpaired) electrons. The van der Waals surface area contributed by atoms with Crippen molar-refractivity contribution in [3.05, 3.63) is 81.1 Å². The SMILES string of the molecule is N#Cc1c(N)nc(SCc2csc(Nc3ccc(F)c(Cl)c3)n2)c(C#N)c1-c1ccc(CCC(O)CO)cc1. The summed E-state index contributed by atoms with van der Waals surface area (Å²) >= 11 is 8.49. The Kier molecular flexibility index (Phi) is 9.36. The van der Waals surface area contributed by atoms with Crippen LogP contribution < -0.4 is 11.1 Å². The Bertz CT molecular complexity index is 1570. The number of benzene rings is 2. The normalized spacial score (nSPS) is 11.5. The number of aryl methyl sites for hydroxylation is 1. The number of nitrogens with zero attached hydrogens (tertiary/aromatic N) is 4. The van der Waals surface area contributed by atoms with Gasteiger partial charge in [0.2, 0.25) is 0 Å². The molecule has 2 heterocycles. The van der Waals surface area contributed by atoms with E-state index in [4.69, 9.17) is 22.4 Å². The van der Waals surface area contributed by atoms with Gasteiger partial charge >= 0.3 is 0 Å². The number of rotatable bonds is 10. The van der Waals surface area contributed by atoms with Crippen LogP contribution in [0.2, 0.25) is 5.02 Å². The molecule has 12 heteroatoms. The molecule has 198 valence electrons. The molecule has 2 aromatic carbocycles. The molecule has 1 unspecified atom stereocenters. The second kappa shape index (κ2) is 12.9. The zero-order chi connectivity index (χ0) is 27.9. The lowest BCUT2D eigenvalue weighted by Gasteiger charge is -2.13. The second-order valence-electron chi connectivity index (χ2n) is 8.41. The van der Waals surface area contributed by atoms with Crippen LogP contribution >= 0.6 is 34.7 Å². The largest absolute Gasteiger partial charge is 0.394 e. The molecule has 0 aliphatic heterocycles. The maximum Gasteiger partial charge on any atom is 0.187 e. The van der Waals surface area contributed by atoms with Crippen molar-refractivity contribution in [1.82, 2.24) is 9.97 Å². The number of aliphatic hydroxyl groups is 2. The number of thioether (sulfide) groups is 1. The van der Waals surface area contributed by atoms with Gasteiger partial charge in [0.25, 0.3) is 0 Å². The van der Waals surface area contributed by atoms with Crippen molar-refractivity contribution < 1.29 is 14.6 Å². The van der Waals surface area contributed by atoms with Gasteiger partial charge < -0.3 is 21.3 Å². The molecule has 39 heavy (non-hydrogen) atoms. The van der Waals surface area contributed by atoms with Crippen LogP contribution in [0.15, 0.2) is 52.9 Å². The maximum absolute atomic E-state index is 13.4. The molecule has 4 aromatic rings. The number of nitriles is 2.